The maximum absolute atomic E-state index is 13.8. The number of likely N-dealkylation sites (tertiary alicyclic amines) is 1. The predicted octanol–water partition coefficient (Wildman–Crippen LogP) is 3.38. The van der Waals surface area contributed by atoms with Crippen molar-refractivity contribution in [2.75, 3.05) is 20.8 Å². The number of aromatic nitrogens is 1. The highest BCUT2D eigenvalue weighted by Crippen LogP contribution is 2.42. The predicted molar refractivity (Wildman–Crippen MR) is 131 cm³/mol. The number of H-pyrrole nitrogens is 1. The number of hydrogen-bond acceptors (Lipinski definition) is 6. The number of carbonyl (C=O) groups is 3. The summed E-state index contributed by atoms with van der Waals surface area (Å²) in [5.74, 6) is -1.44. The number of aryl methyl sites for hydroxylation is 1. The van der Waals surface area contributed by atoms with Crippen molar-refractivity contribution < 1.29 is 33.6 Å². The molecule has 8 heteroatoms. The summed E-state index contributed by atoms with van der Waals surface area (Å²) in [7, 11) is 3.07. The summed E-state index contributed by atoms with van der Waals surface area (Å²) >= 11 is 0. The summed E-state index contributed by atoms with van der Waals surface area (Å²) in [5.41, 5.74) is 2.45. The molecule has 2 heterocycles. The van der Waals surface area contributed by atoms with Crippen molar-refractivity contribution in [2.24, 2.45) is 5.92 Å². The normalized spacial score (nSPS) is 17.3. The Kier molecular flexibility index (Phi) is 7.33. The third-order valence-corrected chi connectivity index (χ3v) is 6.34. The molecule has 2 atom stereocenters. The zero-order chi connectivity index (χ0) is 25.8. The molecule has 1 saturated heterocycles. The SMILES string of the molecule is CCOc1ccc(C2C(C(=O)c3ccc(OC)cc3C)C(=O)C(=O)N2Cc2ccc[nH+]c2)cc1OC. The topological polar surface area (TPSA) is 96.3 Å². The van der Waals surface area contributed by atoms with E-state index in [-0.39, 0.29) is 6.54 Å². The van der Waals surface area contributed by atoms with Gasteiger partial charge in [0, 0.05) is 17.2 Å². The Morgan fingerprint density at radius 2 is 1.83 bits per heavy atom. The molecular formula is C28H29N2O6+. The van der Waals surface area contributed by atoms with Crippen LogP contribution in [0.5, 0.6) is 17.2 Å². The molecule has 8 nitrogen and oxygen atoms in total. The number of pyridine rings is 1. The van der Waals surface area contributed by atoms with Crippen molar-refractivity contribution in [3.8, 4) is 17.2 Å². The number of rotatable bonds is 9. The molecule has 0 radical (unpaired) electrons. The number of carbonyl (C=O) groups excluding carboxylic acids is 3. The lowest BCUT2D eigenvalue weighted by Crippen LogP contribution is -2.31. The number of benzene rings is 2. The second-order valence-corrected chi connectivity index (χ2v) is 8.52. The second-order valence-electron chi connectivity index (χ2n) is 8.52. The molecule has 2 aromatic carbocycles. The maximum atomic E-state index is 13.8. The van der Waals surface area contributed by atoms with Crippen LogP contribution in [0, 0.1) is 12.8 Å². The molecule has 2 unspecified atom stereocenters. The molecular weight excluding hydrogens is 460 g/mol. The standard InChI is InChI=1S/C28H28N2O6/c1-5-36-22-11-8-19(14-23(22)35-4)25-24(26(31)21-10-9-20(34-3)13-17(21)2)27(32)28(33)30(25)16-18-7-6-12-29-15-18/h6-15,24-25H,5,16H2,1-4H3/p+1. The molecule has 0 saturated carbocycles. The number of ketones is 2. The van der Waals surface area contributed by atoms with Crippen LogP contribution in [0.3, 0.4) is 0 Å². The van der Waals surface area contributed by atoms with Gasteiger partial charge in [0.15, 0.2) is 29.7 Å². The Morgan fingerprint density at radius 1 is 1.03 bits per heavy atom. The van der Waals surface area contributed by atoms with E-state index in [2.05, 4.69) is 4.98 Å². The molecule has 4 rings (SSSR count). The van der Waals surface area contributed by atoms with Gasteiger partial charge in [-0.3, -0.25) is 14.4 Å². The number of nitrogens with one attached hydrogen (secondary N) is 1. The molecule has 1 aliphatic rings. The fraction of sp³-hybridized carbons (Fsp3) is 0.286. The Balaban J connectivity index is 1.82. The summed E-state index contributed by atoms with van der Waals surface area (Å²) in [6, 6.07) is 13.1. The summed E-state index contributed by atoms with van der Waals surface area (Å²) in [6.07, 6.45) is 3.52. The van der Waals surface area contributed by atoms with Crippen molar-refractivity contribution in [1.29, 1.82) is 0 Å². The number of Topliss-reactive ketones (excluding diaryl/α,β-unsaturated/α-hetero) is 2. The first-order valence-corrected chi connectivity index (χ1v) is 11.7. The van der Waals surface area contributed by atoms with Gasteiger partial charge in [-0.2, -0.15) is 0 Å². The molecule has 3 aromatic rings. The highest BCUT2D eigenvalue weighted by Gasteiger charge is 2.52. The lowest BCUT2D eigenvalue weighted by atomic mass is 9.85. The first-order valence-electron chi connectivity index (χ1n) is 11.7. The van der Waals surface area contributed by atoms with Gasteiger partial charge >= 0.3 is 0 Å². The van der Waals surface area contributed by atoms with E-state index < -0.39 is 29.4 Å². The molecule has 0 aliphatic carbocycles. The molecule has 186 valence electrons. The third kappa shape index (κ3) is 4.66. The van der Waals surface area contributed by atoms with Crippen LogP contribution >= 0.6 is 0 Å². The quantitative estimate of drug-likeness (QED) is 0.260. The lowest BCUT2D eigenvalue weighted by Gasteiger charge is -2.27. The first kappa shape index (κ1) is 24.9. The van der Waals surface area contributed by atoms with Crippen LogP contribution in [-0.4, -0.2) is 43.2 Å². The number of hydrogen-bond donors (Lipinski definition) is 0. The van der Waals surface area contributed by atoms with Gasteiger partial charge in [0.1, 0.15) is 11.7 Å². The highest BCUT2D eigenvalue weighted by atomic mass is 16.5. The van der Waals surface area contributed by atoms with E-state index >= 15 is 0 Å². The monoisotopic (exact) mass is 489 g/mol. The van der Waals surface area contributed by atoms with Crippen LogP contribution in [0.1, 0.15) is 40.0 Å². The zero-order valence-electron chi connectivity index (χ0n) is 20.7. The molecule has 1 N–H and O–H groups in total. The van der Waals surface area contributed by atoms with Crippen LogP contribution < -0.4 is 19.2 Å². The van der Waals surface area contributed by atoms with Gasteiger partial charge in [-0.25, -0.2) is 4.98 Å². The van der Waals surface area contributed by atoms with Crippen molar-refractivity contribution >= 4 is 17.5 Å². The lowest BCUT2D eigenvalue weighted by molar-refractivity contribution is -0.378. The summed E-state index contributed by atoms with van der Waals surface area (Å²) in [6.45, 7) is 4.26. The Labute approximate surface area is 209 Å². The smallest absolute Gasteiger partial charge is 0.291 e. The van der Waals surface area contributed by atoms with Crippen molar-refractivity contribution in [1.82, 2.24) is 4.90 Å². The van der Waals surface area contributed by atoms with E-state index in [1.165, 1.54) is 12.0 Å². The van der Waals surface area contributed by atoms with Gasteiger partial charge in [0.2, 0.25) is 5.78 Å². The summed E-state index contributed by atoms with van der Waals surface area (Å²) in [5, 5.41) is 0. The van der Waals surface area contributed by atoms with E-state index in [4.69, 9.17) is 14.2 Å². The van der Waals surface area contributed by atoms with Crippen LogP contribution in [-0.2, 0) is 16.1 Å². The van der Waals surface area contributed by atoms with Gasteiger partial charge in [-0.1, -0.05) is 6.07 Å². The number of aromatic amines is 1. The molecule has 1 amide bonds. The number of nitrogens with zero attached hydrogens (tertiary/aromatic N) is 1. The average Bonchev–Trinajstić information content (AvgIpc) is 3.14. The van der Waals surface area contributed by atoms with Crippen LogP contribution in [0.2, 0.25) is 0 Å². The van der Waals surface area contributed by atoms with Crippen LogP contribution in [0.25, 0.3) is 0 Å². The minimum atomic E-state index is -1.21. The molecule has 36 heavy (non-hydrogen) atoms. The van der Waals surface area contributed by atoms with E-state index in [1.807, 2.05) is 19.1 Å². The average molecular weight is 490 g/mol. The van der Waals surface area contributed by atoms with Gasteiger partial charge in [0.25, 0.3) is 5.91 Å². The molecule has 0 bridgehead atoms. The van der Waals surface area contributed by atoms with Gasteiger partial charge in [0.05, 0.1) is 33.4 Å². The zero-order valence-corrected chi connectivity index (χ0v) is 20.7. The van der Waals surface area contributed by atoms with E-state index in [0.717, 1.165) is 5.56 Å². The van der Waals surface area contributed by atoms with E-state index in [9.17, 15) is 14.4 Å². The molecule has 0 spiro atoms. The van der Waals surface area contributed by atoms with E-state index in [1.54, 1.807) is 62.8 Å². The van der Waals surface area contributed by atoms with Crippen molar-refractivity contribution in [2.45, 2.75) is 26.4 Å². The van der Waals surface area contributed by atoms with Crippen molar-refractivity contribution in [3.05, 3.63) is 83.2 Å². The second kappa shape index (κ2) is 10.6. The third-order valence-electron chi connectivity index (χ3n) is 6.34. The van der Waals surface area contributed by atoms with Crippen LogP contribution in [0.4, 0.5) is 0 Å². The Hall–Kier alpha value is -4.20. The van der Waals surface area contributed by atoms with Gasteiger partial charge in [-0.15, -0.1) is 0 Å². The minimum absolute atomic E-state index is 0.160. The van der Waals surface area contributed by atoms with Gasteiger partial charge in [-0.05, 0) is 61.4 Å². The molecule has 1 aliphatic heterocycles. The minimum Gasteiger partial charge on any atom is -0.497 e. The fourth-order valence-electron chi connectivity index (χ4n) is 4.60. The number of methoxy groups -OCH3 is 2. The molecule has 1 fully saturated rings. The first-order chi connectivity index (χ1) is 17.4. The number of amides is 1. The van der Waals surface area contributed by atoms with Crippen LogP contribution in [0.15, 0.2) is 60.9 Å². The number of ether oxygens (including phenoxy) is 3. The summed E-state index contributed by atoms with van der Waals surface area (Å²) in [4.78, 5) is 44.9. The highest BCUT2D eigenvalue weighted by molar-refractivity contribution is 6.44. The van der Waals surface area contributed by atoms with E-state index in [0.29, 0.717) is 40.5 Å². The molecule has 1 aromatic heterocycles. The Morgan fingerprint density at radius 3 is 2.47 bits per heavy atom. The maximum Gasteiger partial charge on any atom is 0.291 e. The summed E-state index contributed by atoms with van der Waals surface area (Å²) < 4.78 is 16.4. The Bertz CT molecular complexity index is 1290. The van der Waals surface area contributed by atoms with Gasteiger partial charge < -0.3 is 19.1 Å². The largest absolute Gasteiger partial charge is 0.497 e. The van der Waals surface area contributed by atoms with Crippen molar-refractivity contribution in [3.63, 3.8) is 0 Å². The fourth-order valence-corrected chi connectivity index (χ4v) is 4.60.